The second-order valence-corrected chi connectivity index (χ2v) is 8.99. The molecule has 0 bridgehead atoms. The molecule has 2 heterocycles. The van der Waals surface area contributed by atoms with Gasteiger partial charge in [-0.05, 0) is 18.6 Å². The van der Waals surface area contributed by atoms with Crippen molar-refractivity contribution in [3.05, 3.63) is 36.4 Å². The number of nitrogens with zero attached hydrogens (tertiary/aromatic N) is 4. The molecule has 0 atom stereocenters. The van der Waals surface area contributed by atoms with Gasteiger partial charge in [0.05, 0.1) is 0 Å². The zero-order chi connectivity index (χ0) is 22.7. The van der Waals surface area contributed by atoms with Crippen LogP contribution in [0.3, 0.4) is 0 Å². The number of unbranched alkanes of at least 4 members (excludes halogenated alkanes) is 15. The molecular formula is C26H45N5O. The van der Waals surface area contributed by atoms with Gasteiger partial charge in [0, 0.05) is 25.1 Å². The zero-order valence-corrected chi connectivity index (χ0v) is 20.3. The molecule has 180 valence electrons. The van der Waals surface area contributed by atoms with E-state index in [0.717, 1.165) is 13.0 Å². The molecule has 6 nitrogen and oxygen atoms in total. The number of hydrogen-bond donors (Lipinski definition) is 1. The summed E-state index contributed by atoms with van der Waals surface area (Å²) in [6.07, 6.45) is 27.2. The zero-order valence-electron chi connectivity index (χ0n) is 20.3. The van der Waals surface area contributed by atoms with E-state index in [4.69, 9.17) is 0 Å². The fraction of sp³-hybridized carbons (Fsp3) is 0.731. The van der Waals surface area contributed by atoms with Crippen LogP contribution in [-0.4, -0.2) is 32.0 Å². The van der Waals surface area contributed by atoms with Crippen molar-refractivity contribution in [3.8, 4) is 0 Å². The predicted molar refractivity (Wildman–Crippen MR) is 132 cm³/mol. The molecule has 0 radical (unpaired) electrons. The Morgan fingerprint density at radius 3 is 1.88 bits per heavy atom. The lowest BCUT2D eigenvalue weighted by Crippen LogP contribution is -2.25. The summed E-state index contributed by atoms with van der Waals surface area (Å²) in [4.78, 5) is 12.2. The van der Waals surface area contributed by atoms with Crippen LogP contribution in [0.5, 0.6) is 0 Å². The van der Waals surface area contributed by atoms with Gasteiger partial charge in [0.1, 0.15) is 12.4 Å². The maximum atomic E-state index is 12.2. The Kier molecular flexibility index (Phi) is 14.3. The van der Waals surface area contributed by atoms with Gasteiger partial charge < -0.3 is 5.32 Å². The van der Waals surface area contributed by atoms with Crippen LogP contribution in [0.1, 0.15) is 120 Å². The normalized spacial score (nSPS) is 11.2. The van der Waals surface area contributed by atoms with Gasteiger partial charge in [-0.3, -0.25) is 14.2 Å². The number of rotatable bonds is 20. The summed E-state index contributed by atoms with van der Waals surface area (Å²) < 4.78 is 3.49. The molecule has 0 aromatic carbocycles. The maximum absolute atomic E-state index is 12.2. The third-order valence-corrected chi connectivity index (χ3v) is 6.04. The van der Waals surface area contributed by atoms with E-state index in [1.807, 2.05) is 18.5 Å². The van der Waals surface area contributed by atoms with E-state index in [-0.39, 0.29) is 5.91 Å². The van der Waals surface area contributed by atoms with Crippen molar-refractivity contribution < 1.29 is 4.79 Å². The standard InChI is InChI=1S/C26H45N5O/c1-2-3-4-5-6-7-8-9-10-11-12-13-14-15-16-17-20-27-26(32)25-19-23-31(29-25)24-30-22-18-21-28-30/h18-19,21-23H,2-17,20,24H2,1H3,(H,27,32). The third kappa shape index (κ3) is 12.1. The first kappa shape index (κ1) is 26.1. The minimum Gasteiger partial charge on any atom is -0.351 e. The molecular weight excluding hydrogens is 398 g/mol. The summed E-state index contributed by atoms with van der Waals surface area (Å²) >= 11 is 0. The number of nitrogens with one attached hydrogen (secondary N) is 1. The van der Waals surface area contributed by atoms with Crippen molar-refractivity contribution in [3.63, 3.8) is 0 Å². The van der Waals surface area contributed by atoms with Gasteiger partial charge in [0.15, 0.2) is 0 Å². The molecule has 6 heteroatoms. The SMILES string of the molecule is CCCCCCCCCCCCCCCCCCNC(=O)c1ccn(Cn2cccn2)n1. The summed E-state index contributed by atoms with van der Waals surface area (Å²) in [5, 5.41) is 11.5. The van der Waals surface area contributed by atoms with Crippen molar-refractivity contribution in [1.29, 1.82) is 0 Å². The summed E-state index contributed by atoms with van der Waals surface area (Å²) in [7, 11) is 0. The molecule has 0 saturated carbocycles. The highest BCUT2D eigenvalue weighted by atomic mass is 16.1. The van der Waals surface area contributed by atoms with Crippen LogP contribution in [0.2, 0.25) is 0 Å². The molecule has 0 aliphatic rings. The summed E-state index contributed by atoms with van der Waals surface area (Å²) in [6.45, 7) is 3.52. The fourth-order valence-electron chi connectivity index (χ4n) is 4.06. The molecule has 32 heavy (non-hydrogen) atoms. The summed E-state index contributed by atoms with van der Waals surface area (Å²) in [6, 6.07) is 3.63. The Morgan fingerprint density at radius 2 is 1.34 bits per heavy atom. The van der Waals surface area contributed by atoms with Gasteiger partial charge in [-0.15, -0.1) is 0 Å². The van der Waals surface area contributed by atoms with Crippen LogP contribution >= 0.6 is 0 Å². The Hall–Kier alpha value is -2.11. The number of amides is 1. The minimum atomic E-state index is -0.0924. The largest absolute Gasteiger partial charge is 0.351 e. The lowest BCUT2D eigenvalue weighted by atomic mass is 10.0. The first-order valence-electron chi connectivity index (χ1n) is 13.1. The average Bonchev–Trinajstić information content (AvgIpc) is 3.48. The molecule has 0 saturated heterocycles. The van der Waals surface area contributed by atoms with Gasteiger partial charge in [-0.2, -0.15) is 10.2 Å². The quantitative estimate of drug-likeness (QED) is 0.235. The molecule has 1 amide bonds. The Bertz CT molecular complexity index is 695. The van der Waals surface area contributed by atoms with Crippen molar-refractivity contribution in [2.75, 3.05) is 6.54 Å². The first-order chi connectivity index (χ1) is 15.8. The molecule has 0 aliphatic heterocycles. The van der Waals surface area contributed by atoms with Crippen molar-refractivity contribution in [2.24, 2.45) is 0 Å². The van der Waals surface area contributed by atoms with Crippen LogP contribution in [0.25, 0.3) is 0 Å². The molecule has 0 aliphatic carbocycles. The Balaban J connectivity index is 1.34. The molecule has 0 unspecified atom stereocenters. The van der Waals surface area contributed by atoms with Crippen LogP contribution in [0.4, 0.5) is 0 Å². The number of carbonyl (C=O) groups is 1. The topological polar surface area (TPSA) is 64.7 Å². The second-order valence-electron chi connectivity index (χ2n) is 8.99. The van der Waals surface area contributed by atoms with Gasteiger partial charge in [-0.25, -0.2) is 0 Å². The van der Waals surface area contributed by atoms with Crippen LogP contribution in [0.15, 0.2) is 30.7 Å². The van der Waals surface area contributed by atoms with Gasteiger partial charge in [0.2, 0.25) is 0 Å². The molecule has 0 spiro atoms. The maximum Gasteiger partial charge on any atom is 0.271 e. The number of carbonyl (C=O) groups excluding carboxylic acids is 1. The van der Waals surface area contributed by atoms with E-state index in [0.29, 0.717) is 12.4 Å². The highest BCUT2D eigenvalue weighted by molar-refractivity contribution is 5.92. The van der Waals surface area contributed by atoms with Gasteiger partial charge in [-0.1, -0.05) is 103 Å². The third-order valence-electron chi connectivity index (χ3n) is 6.04. The lowest BCUT2D eigenvalue weighted by Gasteiger charge is -2.05. The van der Waals surface area contributed by atoms with Gasteiger partial charge >= 0.3 is 0 Å². The molecule has 0 fully saturated rings. The minimum absolute atomic E-state index is 0.0924. The molecule has 1 N–H and O–H groups in total. The fourth-order valence-corrected chi connectivity index (χ4v) is 4.06. The predicted octanol–water partition coefficient (Wildman–Crippen LogP) is 6.58. The molecule has 2 aromatic heterocycles. The van der Waals surface area contributed by atoms with Crippen molar-refractivity contribution >= 4 is 5.91 Å². The summed E-state index contributed by atoms with van der Waals surface area (Å²) in [5.74, 6) is -0.0924. The lowest BCUT2D eigenvalue weighted by molar-refractivity contribution is 0.0947. The number of aromatic nitrogens is 4. The second kappa shape index (κ2) is 17.4. The molecule has 2 rings (SSSR count). The monoisotopic (exact) mass is 443 g/mol. The van der Waals surface area contributed by atoms with E-state index in [1.165, 1.54) is 96.3 Å². The highest BCUT2D eigenvalue weighted by Gasteiger charge is 2.08. The smallest absolute Gasteiger partial charge is 0.271 e. The van der Waals surface area contributed by atoms with Crippen LogP contribution < -0.4 is 5.32 Å². The number of hydrogen-bond acceptors (Lipinski definition) is 3. The molecule has 2 aromatic rings. The van der Waals surface area contributed by atoms with E-state index in [1.54, 1.807) is 21.6 Å². The van der Waals surface area contributed by atoms with E-state index in [2.05, 4.69) is 22.4 Å². The van der Waals surface area contributed by atoms with Crippen LogP contribution in [0, 0.1) is 0 Å². The Labute approximate surface area is 195 Å². The van der Waals surface area contributed by atoms with E-state index >= 15 is 0 Å². The van der Waals surface area contributed by atoms with Crippen molar-refractivity contribution in [1.82, 2.24) is 24.9 Å². The summed E-state index contributed by atoms with van der Waals surface area (Å²) in [5.41, 5.74) is 0.466. The average molecular weight is 444 g/mol. The van der Waals surface area contributed by atoms with Crippen molar-refractivity contribution in [2.45, 2.75) is 116 Å². The highest BCUT2D eigenvalue weighted by Crippen LogP contribution is 2.13. The van der Waals surface area contributed by atoms with E-state index in [9.17, 15) is 4.79 Å². The van der Waals surface area contributed by atoms with Gasteiger partial charge in [0.25, 0.3) is 5.91 Å². The van der Waals surface area contributed by atoms with Crippen LogP contribution in [-0.2, 0) is 6.67 Å². The van der Waals surface area contributed by atoms with E-state index < -0.39 is 0 Å². The first-order valence-corrected chi connectivity index (χ1v) is 13.1. The Morgan fingerprint density at radius 1 is 0.781 bits per heavy atom.